The van der Waals surface area contributed by atoms with Crippen LogP contribution in [0.15, 0.2) is 0 Å². The lowest BCUT2D eigenvalue weighted by Crippen LogP contribution is -2.56. The summed E-state index contributed by atoms with van der Waals surface area (Å²) in [5, 5.41) is 0. The zero-order valence-electron chi connectivity index (χ0n) is 7.23. The molecular weight excluding hydrogens is 164 g/mol. The Morgan fingerprint density at radius 1 is 1.42 bits per heavy atom. The minimum absolute atomic E-state index is 0.102. The van der Waals surface area contributed by atoms with Gasteiger partial charge in [0.2, 0.25) is 11.8 Å². The molecule has 0 spiro atoms. The predicted octanol–water partition coefficient (Wildman–Crippen LogP) is 1.54. The number of nitrogens with two attached hydrogens (primary N) is 1. The van der Waals surface area contributed by atoms with Gasteiger partial charge in [-0.2, -0.15) is 0 Å². The molecule has 1 saturated carbocycles. The van der Waals surface area contributed by atoms with Crippen LogP contribution in [0.4, 0.5) is 8.78 Å². The molecule has 1 amide bonds. The van der Waals surface area contributed by atoms with Gasteiger partial charge in [0.05, 0.1) is 5.41 Å². The van der Waals surface area contributed by atoms with E-state index >= 15 is 0 Å². The maximum Gasteiger partial charge on any atom is 0.250 e. The SMILES string of the molecule is CC(C)C1(C(N)=O)CC(F)(F)C1. The average Bonchev–Trinajstić information content (AvgIpc) is 1.80. The molecule has 0 saturated heterocycles. The maximum atomic E-state index is 12.5. The summed E-state index contributed by atoms with van der Waals surface area (Å²) in [7, 11) is 0. The van der Waals surface area contributed by atoms with E-state index in [2.05, 4.69) is 0 Å². The second-order valence-electron chi connectivity index (χ2n) is 3.88. The second kappa shape index (κ2) is 2.41. The topological polar surface area (TPSA) is 43.1 Å². The number of amides is 1. The molecule has 0 radical (unpaired) electrons. The number of hydrogen-bond acceptors (Lipinski definition) is 1. The van der Waals surface area contributed by atoms with Crippen molar-refractivity contribution < 1.29 is 13.6 Å². The minimum atomic E-state index is -2.68. The van der Waals surface area contributed by atoms with Gasteiger partial charge in [-0.3, -0.25) is 4.79 Å². The normalized spacial score (nSPS) is 25.1. The van der Waals surface area contributed by atoms with Gasteiger partial charge in [-0.1, -0.05) is 13.8 Å². The first kappa shape index (κ1) is 9.42. The average molecular weight is 177 g/mol. The first-order valence-corrected chi connectivity index (χ1v) is 3.98. The van der Waals surface area contributed by atoms with Crippen molar-refractivity contribution in [1.29, 1.82) is 0 Å². The Hall–Kier alpha value is -0.670. The number of carbonyl (C=O) groups is 1. The van der Waals surface area contributed by atoms with Gasteiger partial charge in [-0.25, -0.2) is 8.78 Å². The van der Waals surface area contributed by atoms with Crippen LogP contribution in [-0.2, 0) is 4.79 Å². The summed E-state index contributed by atoms with van der Waals surface area (Å²) in [4.78, 5) is 10.9. The molecule has 1 rings (SSSR count). The molecule has 0 aromatic heterocycles. The van der Waals surface area contributed by atoms with E-state index in [1.165, 1.54) is 0 Å². The molecule has 0 unspecified atom stereocenters. The Morgan fingerprint density at radius 3 is 1.92 bits per heavy atom. The summed E-state index contributed by atoms with van der Waals surface area (Å²) in [6.45, 7) is 3.50. The highest BCUT2D eigenvalue weighted by molar-refractivity contribution is 5.82. The van der Waals surface area contributed by atoms with Crippen molar-refractivity contribution in [2.24, 2.45) is 17.1 Å². The lowest BCUT2D eigenvalue weighted by atomic mass is 9.59. The summed E-state index contributed by atoms with van der Waals surface area (Å²) in [6, 6.07) is 0. The number of alkyl halides is 2. The molecule has 0 bridgehead atoms. The molecule has 70 valence electrons. The van der Waals surface area contributed by atoms with Gasteiger partial charge >= 0.3 is 0 Å². The van der Waals surface area contributed by atoms with Gasteiger partial charge < -0.3 is 5.73 Å². The van der Waals surface area contributed by atoms with Gasteiger partial charge in [0, 0.05) is 12.8 Å². The fourth-order valence-corrected chi connectivity index (χ4v) is 1.74. The summed E-state index contributed by atoms with van der Waals surface area (Å²) in [5.41, 5.74) is 4.13. The molecule has 0 atom stereocenters. The van der Waals surface area contributed by atoms with Gasteiger partial charge in [0.25, 0.3) is 0 Å². The fourth-order valence-electron chi connectivity index (χ4n) is 1.74. The van der Waals surface area contributed by atoms with Crippen LogP contribution >= 0.6 is 0 Å². The summed E-state index contributed by atoms with van der Waals surface area (Å²) < 4.78 is 25.1. The van der Waals surface area contributed by atoms with Crippen LogP contribution in [0.3, 0.4) is 0 Å². The first-order valence-electron chi connectivity index (χ1n) is 3.98. The number of rotatable bonds is 2. The summed E-state index contributed by atoms with van der Waals surface area (Å²) >= 11 is 0. The smallest absolute Gasteiger partial charge is 0.250 e. The van der Waals surface area contributed by atoms with Gasteiger partial charge in [0.15, 0.2) is 0 Å². The highest BCUT2D eigenvalue weighted by atomic mass is 19.3. The number of primary amides is 1. The molecule has 0 aromatic carbocycles. The highest BCUT2D eigenvalue weighted by Gasteiger charge is 2.61. The quantitative estimate of drug-likeness (QED) is 0.683. The maximum absolute atomic E-state index is 12.5. The number of carbonyl (C=O) groups excluding carboxylic acids is 1. The van der Waals surface area contributed by atoms with Crippen LogP contribution in [0.25, 0.3) is 0 Å². The minimum Gasteiger partial charge on any atom is -0.369 e. The highest BCUT2D eigenvalue weighted by Crippen LogP contribution is 2.55. The zero-order valence-corrected chi connectivity index (χ0v) is 7.23. The van der Waals surface area contributed by atoms with Gasteiger partial charge in [-0.05, 0) is 5.92 Å². The van der Waals surface area contributed by atoms with Crippen LogP contribution in [0.2, 0.25) is 0 Å². The van der Waals surface area contributed by atoms with E-state index < -0.39 is 17.2 Å². The van der Waals surface area contributed by atoms with Crippen molar-refractivity contribution in [3.8, 4) is 0 Å². The Balaban J connectivity index is 2.76. The third-order valence-electron chi connectivity index (χ3n) is 2.74. The van der Waals surface area contributed by atoms with Crippen molar-refractivity contribution in [1.82, 2.24) is 0 Å². The molecular formula is C8H13F2NO. The monoisotopic (exact) mass is 177 g/mol. The third kappa shape index (κ3) is 1.19. The number of halogens is 2. The molecule has 1 fully saturated rings. The van der Waals surface area contributed by atoms with Crippen molar-refractivity contribution in [3.63, 3.8) is 0 Å². The van der Waals surface area contributed by atoms with Crippen LogP contribution in [0.1, 0.15) is 26.7 Å². The van der Waals surface area contributed by atoms with Crippen molar-refractivity contribution >= 4 is 5.91 Å². The van der Waals surface area contributed by atoms with Gasteiger partial charge in [0.1, 0.15) is 0 Å². The predicted molar refractivity (Wildman–Crippen MR) is 40.6 cm³/mol. The van der Waals surface area contributed by atoms with Crippen molar-refractivity contribution in [2.45, 2.75) is 32.6 Å². The molecule has 0 aliphatic heterocycles. The van der Waals surface area contributed by atoms with Crippen LogP contribution in [-0.4, -0.2) is 11.8 Å². The van der Waals surface area contributed by atoms with E-state index in [9.17, 15) is 13.6 Å². The largest absolute Gasteiger partial charge is 0.369 e. The molecule has 0 heterocycles. The molecule has 1 aliphatic carbocycles. The lowest BCUT2D eigenvalue weighted by molar-refractivity contribution is -0.187. The standard InChI is InChI=1S/C8H13F2NO/c1-5(2)7(6(11)12)3-8(9,10)4-7/h5H,3-4H2,1-2H3,(H2,11,12). The van der Waals surface area contributed by atoms with Crippen molar-refractivity contribution in [3.05, 3.63) is 0 Å². The lowest BCUT2D eigenvalue weighted by Gasteiger charge is -2.47. The van der Waals surface area contributed by atoms with Crippen LogP contribution in [0.5, 0.6) is 0 Å². The molecule has 4 heteroatoms. The van der Waals surface area contributed by atoms with E-state index in [-0.39, 0.29) is 18.8 Å². The molecule has 2 nitrogen and oxygen atoms in total. The van der Waals surface area contributed by atoms with E-state index in [0.29, 0.717) is 0 Å². The van der Waals surface area contributed by atoms with Crippen LogP contribution < -0.4 is 5.73 Å². The Bertz CT molecular complexity index is 205. The van der Waals surface area contributed by atoms with E-state index in [0.717, 1.165) is 0 Å². The first-order chi connectivity index (χ1) is 5.30. The second-order valence-corrected chi connectivity index (χ2v) is 3.88. The van der Waals surface area contributed by atoms with Gasteiger partial charge in [-0.15, -0.1) is 0 Å². The third-order valence-corrected chi connectivity index (χ3v) is 2.74. The molecule has 2 N–H and O–H groups in total. The Kier molecular flexibility index (Phi) is 1.89. The molecule has 0 aromatic rings. The molecule has 1 aliphatic rings. The molecule has 12 heavy (non-hydrogen) atoms. The van der Waals surface area contributed by atoms with E-state index in [4.69, 9.17) is 5.73 Å². The van der Waals surface area contributed by atoms with Crippen LogP contribution in [0, 0.1) is 11.3 Å². The Morgan fingerprint density at radius 2 is 1.83 bits per heavy atom. The van der Waals surface area contributed by atoms with E-state index in [1.54, 1.807) is 13.8 Å². The summed E-state index contributed by atoms with van der Waals surface area (Å²) in [6.07, 6.45) is -0.764. The fraction of sp³-hybridized carbons (Fsp3) is 0.875. The van der Waals surface area contributed by atoms with E-state index in [1.807, 2.05) is 0 Å². The Labute approximate surface area is 70.1 Å². The summed E-state index contributed by atoms with van der Waals surface area (Å²) in [5.74, 6) is -3.38. The van der Waals surface area contributed by atoms with Crippen molar-refractivity contribution in [2.75, 3.05) is 0 Å². The number of hydrogen-bond donors (Lipinski definition) is 1. The zero-order chi connectivity index (χ0) is 9.57.